The van der Waals surface area contributed by atoms with Crippen LogP contribution in [0.5, 0.6) is 0 Å². The molecule has 0 saturated carbocycles. The highest BCUT2D eigenvalue weighted by Gasteiger charge is 2.12. The van der Waals surface area contributed by atoms with Crippen LogP contribution in [-0.4, -0.2) is 22.5 Å². The number of carbonyl (C=O) groups is 1. The van der Waals surface area contributed by atoms with Crippen LogP contribution in [0.25, 0.3) is 6.08 Å². The summed E-state index contributed by atoms with van der Waals surface area (Å²) in [5.74, 6) is -0.0775. The molecular weight excluding hydrogens is 248 g/mol. The molecule has 0 aliphatic rings. The Labute approximate surface area is 110 Å². The topological polar surface area (TPSA) is 92.5 Å². The van der Waals surface area contributed by atoms with Crippen LogP contribution in [0.15, 0.2) is 24.3 Å². The Morgan fingerprint density at radius 3 is 2.84 bits per heavy atom. The number of nitrogens with zero attached hydrogens (tertiary/aromatic N) is 1. The Hall–Kier alpha value is -2.21. The van der Waals surface area contributed by atoms with Crippen molar-refractivity contribution in [1.82, 2.24) is 5.32 Å². The van der Waals surface area contributed by atoms with Gasteiger partial charge < -0.3 is 10.4 Å². The molecule has 1 aromatic rings. The van der Waals surface area contributed by atoms with Gasteiger partial charge in [0, 0.05) is 19.5 Å². The van der Waals surface area contributed by atoms with Crippen molar-refractivity contribution in [2.24, 2.45) is 0 Å². The van der Waals surface area contributed by atoms with E-state index in [1.54, 1.807) is 18.2 Å². The lowest BCUT2D eigenvalue weighted by molar-refractivity contribution is -0.385. The quantitative estimate of drug-likeness (QED) is 0.464. The molecule has 0 aliphatic heterocycles. The number of nitrogens with one attached hydrogen (secondary N) is 1. The van der Waals surface area contributed by atoms with Crippen LogP contribution in [0.1, 0.15) is 24.5 Å². The third-order valence-corrected chi connectivity index (χ3v) is 2.47. The molecule has 102 valence electrons. The predicted octanol–water partition coefficient (Wildman–Crippen LogP) is 1.63. The fourth-order valence-corrected chi connectivity index (χ4v) is 1.56. The van der Waals surface area contributed by atoms with E-state index in [4.69, 9.17) is 5.11 Å². The molecule has 19 heavy (non-hydrogen) atoms. The maximum atomic E-state index is 10.7. The fraction of sp³-hybridized carbons (Fsp3) is 0.308. The van der Waals surface area contributed by atoms with E-state index in [0.717, 1.165) is 5.56 Å². The molecule has 0 fully saturated rings. The van der Waals surface area contributed by atoms with Gasteiger partial charge in [-0.25, -0.2) is 0 Å². The number of aliphatic hydroxyl groups is 1. The number of benzene rings is 1. The van der Waals surface area contributed by atoms with Crippen LogP contribution < -0.4 is 5.32 Å². The molecule has 0 saturated heterocycles. The SMILES string of the molecule is CC(=O)NCCC=Cc1ccc([N+](=O)[O-])c(CO)c1. The second kappa shape index (κ2) is 7.27. The highest BCUT2D eigenvalue weighted by Crippen LogP contribution is 2.20. The zero-order valence-corrected chi connectivity index (χ0v) is 10.6. The largest absolute Gasteiger partial charge is 0.391 e. The second-order valence-corrected chi connectivity index (χ2v) is 3.98. The van der Waals surface area contributed by atoms with E-state index < -0.39 is 4.92 Å². The standard InChI is InChI=1S/C13H16N2O4/c1-10(17)14-7-3-2-4-11-5-6-13(15(18)19)12(8-11)9-16/h2,4-6,8,16H,3,7,9H2,1H3,(H,14,17). The van der Waals surface area contributed by atoms with Gasteiger partial charge in [0.2, 0.25) is 5.91 Å². The molecule has 0 aromatic heterocycles. The summed E-state index contributed by atoms with van der Waals surface area (Å²) in [5, 5.41) is 22.4. The van der Waals surface area contributed by atoms with E-state index in [1.807, 2.05) is 6.08 Å². The van der Waals surface area contributed by atoms with Crippen molar-refractivity contribution < 1.29 is 14.8 Å². The summed E-state index contributed by atoms with van der Waals surface area (Å²) in [6, 6.07) is 4.57. The normalized spacial score (nSPS) is 10.6. The third kappa shape index (κ3) is 4.89. The average Bonchev–Trinajstić information content (AvgIpc) is 2.37. The lowest BCUT2D eigenvalue weighted by atomic mass is 10.1. The molecule has 0 bridgehead atoms. The van der Waals surface area contributed by atoms with Crippen LogP contribution in [0.2, 0.25) is 0 Å². The summed E-state index contributed by atoms with van der Waals surface area (Å²) < 4.78 is 0. The first-order valence-electron chi connectivity index (χ1n) is 5.83. The summed E-state index contributed by atoms with van der Waals surface area (Å²) in [7, 11) is 0. The summed E-state index contributed by atoms with van der Waals surface area (Å²) in [6.07, 6.45) is 4.33. The maximum absolute atomic E-state index is 10.7. The van der Waals surface area contributed by atoms with Gasteiger partial charge in [0.1, 0.15) is 0 Å². The molecule has 0 aliphatic carbocycles. The van der Waals surface area contributed by atoms with Crippen LogP contribution >= 0.6 is 0 Å². The second-order valence-electron chi connectivity index (χ2n) is 3.98. The molecule has 0 radical (unpaired) electrons. The lowest BCUT2D eigenvalue weighted by Crippen LogP contribution is -2.20. The average molecular weight is 264 g/mol. The van der Waals surface area contributed by atoms with Crippen LogP contribution in [0, 0.1) is 10.1 Å². The first kappa shape index (κ1) is 14.8. The van der Waals surface area contributed by atoms with Gasteiger partial charge in [-0.05, 0) is 24.1 Å². The zero-order chi connectivity index (χ0) is 14.3. The summed E-state index contributed by atoms with van der Waals surface area (Å²) in [4.78, 5) is 20.8. The molecule has 0 unspecified atom stereocenters. The number of aliphatic hydroxyl groups excluding tert-OH is 1. The number of nitro groups is 1. The molecule has 0 heterocycles. The minimum Gasteiger partial charge on any atom is -0.391 e. The first-order chi connectivity index (χ1) is 9.04. The highest BCUT2D eigenvalue weighted by molar-refractivity contribution is 5.72. The Balaban J connectivity index is 2.67. The van der Waals surface area contributed by atoms with Crippen LogP contribution in [0.3, 0.4) is 0 Å². The first-order valence-corrected chi connectivity index (χ1v) is 5.83. The van der Waals surface area contributed by atoms with Crippen molar-refractivity contribution in [2.75, 3.05) is 6.54 Å². The number of nitro benzene ring substituents is 1. The third-order valence-electron chi connectivity index (χ3n) is 2.47. The molecule has 1 amide bonds. The molecule has 6 nitrogen and oxygen atoms in total. The number of rotatable bonds is 6. The molecule has 0 atom stereocenters. The smallest absolute Gasteiger partial charge is 0.274 e. The molecule has 6 heteroatoms. The van der Waals surface area contributed by atoms with Crippen LogP contribution in [-0.2, 0) is 11.4 Å². The van der Waals surface area contributed by atoms with Crippen molar-refractivity contribution in [2.45, 2.75) is 20.0 Å². The van der Waals surface area contributed by atoms with E-state index in [2.05, 4.69) is 5.32 Å². The molecule has 1 rings (SSSR count). The summed E-state index contributed by atoms with van der Waals surface area (Å²) in [6.45, 7) is 1.63. The van der Waals surface area contributed by atoms with E-state index in [1.165, 1.54) is 13.0 Å². The number of hydrogen-bond acceptors (Lipinski definition) is 4. The van der Waals surface area contributed by atoms with Crippen molar-refractivity contribution in [3.05, 3.63) is 45.5 Å². The molecular formula is C13H16N2O4. The minimum absolute atomic E-state index is 0.0775. The summed E-state index contributed by atoms with van der Waals surface area (Å²) in [5.41, 5.74) is 0.976. The number of hydrogen-bond donors (Lipinski definition) is 2. The van der Waals surface area contributed by atoms with Gasteiger partial charge in [-0.1, -0.05) is 12.2 Å². The Bertz CT molecular complexity index is 497. The van der Waals surface area contributed by atoms with Crippen molar-refractivity contribution in [3.8, 4) is 0 Å². The zero-order valence-electron chi connectivity index (χ0n) is 10.6. The molecule has 2 N–H and O–H groups in total. The van der Waals surface area contributed by atoms with Gasteiger partial charge in [-0.15, -0.1) is 0 Å². The lowest BCUT2D eigenvalue weighted by Gasteiger charge is -2.01. The fourth-order valence-electron chi connectivity index (χ4n) is 1.56. The van der Waals surface area contributed by atoms with E-state index in [9.17, 15) is 14.9 Å². The monoisotopic (exact) mass is 264 g/mol. The number of amides is 1. The van der Waals surface area contributed by atoms with Gasteiger partial charge in [-0.2, -0.15) is 0 Å². The van der Waals surface area contributed by atoms with E-state index in [-0.39, 0.29) is 23.8 Å². The van der Waals surface area contributed by atoms with Crippen LogP contribution in [0.4, 0.5) is 5.69 Å². The van der Waals surface area contributed by atoms with Crippen molar-refractivity contribution >= 4 is 17.7 Å². The maximum Gasteiger partial charge on any atom is 0.274 e. The minimum atomic E-state index is -0.518. The Morgan fingerprint density at radius 1 is 1.53 bits per heavy atom. The summed E-state index contributed by atoms with van der Waals surface area (Å²) >= 11 is 0. The van der Waals surface area contributed by atoms with E-state index in [0.29, 0.717) is 13.0 Å². The van der Waals surface area contributed by atoms with Gasteiger partial charge in [0.25, 0.3) is 5.69 Å². The number of carbonyl (C=O) groups excluding carboxylic acids is 1. The van der Waals surface area contributed by atoms with Gasteiger partial charge in [-0.3, -0.25) is 14.9 Å². The van der Waals surface area contributed by atoms with Gasteiger partial charge >= 0.3 is 0 Å². The highest BCUT2D eigenvalue weighted by atomic mass is 16.6. The Kier molecular flexibility index (Phi) is 5.69. The molecule has 0 spiro atoms. The molecule has 1 aromatic carbocycles. The van der Waals surface area contributed by atoms with Gasteiger partial charge in [0.15, 0.2) is 0 Å². The van der Waals surface area contributed by atoms with Crippen molar-refractivity contribution in [1.29, 1.82) is 0 Å². The van der Waals surface area contributed by atoms with Gasteiger partial charge in [0.05, 0.1) is 17.1 Å². The van der Waals surface area contributed by atoms with Crippen molar-refractivity contribution in [3.63, 3.8) is 0 Å². The Morgan fingerprint density at radius 2 is 2.26 bits per heavy atom. The predicted molar refractivity (Wildman–Crippen MR) is 71.4 cm³/mol. The van der Waals surface area contributed by atoms with E-state index >= 15 is 0 Å².